The molecule has 1 aliphatic heterocycles. The van der Waals surface area contributed by atoms with Gasteiger partial charge in [0.05, 0.1) is 6.61 Å². The summed E-state index contributed by atoms with van der Waals surface area (Å²) in [6, 6.07) is 3.47. The van der Waals surface area contributed by atoms with Crippen LogP contribution >= 0.6 is 0 Å². The molecule has 0 amide bonds. The summed E-state index contributed by atoms with van der Waals surface area (Å²) in [4.78, 5) is 0. The number of rotatable bonds is 2. The Balaban J connectivity index is 2.32. The van der Waals surface area contributed by atoms with Crippen molar-refractivity contribution < 1.29 is 31.8 Å². The van der Waals surface area contributed by atoms with E-state index >= 15 is 0 Å². The maximum atomic E-state index is 13.0. The Hall–Kier alpha value is -1.37. The largest absolute Gasteiger partial charge is 0.493 e. The van der Waals surface area contributed by atoms with Crippen molar-refractivity contribution in [2.24, 2.45) is 0 Å². The molecular weight excluding hydrogens is 271 g/mol. The second-order valence-electron chi connectivity index (χ2n) is 4.34. The monoisotopic (exact) mass is 282 g/mol. The standard InChI is InChI=1S/C12H11F5O2/c13-11(14,12(15,16)17)10(18)8-3-4-9-7(6-8)2-1-5-19-9/h3-4,6,10,18H,1-2,5H2. The van der Waals surface area contributed by atoms with Gasteiger partial charge in [0.25, 0.3) is 0 Å². The summed E-state index contributed by atoms with van der Waals surface area (Å²) >= 11 is 0. The zero-order chi connectivity index (χ0) is 14.3. The van der Waals surface area contributed by atoms with E-state index in [1.807, 2.05) is 0 Å². The van der Waals surface area contributed by atoms with Crippen molar-refractivity contribution >= 4 is 0 Å². The number of benzene rings is 1. The highest BCUT2D eigenvalue weighted by Gasteiger charge is 2.62. The smallest absolute Gasteiger partial charge is 0.456 e. The number of hydrogen-bond acceptors (Lipinski definition) is 2. The van der Waals surface area contributed by atoms with Gasteiger partial charge in [0.15, 0.2) is 6.10 Å². The molecule has 0 saturated carbocycles. The van der Waals surface area contributed by atoms with Crippen LogP contribution in [0.2, 0.25) is 0 Å². The number of aliphatic hydroxyl groups is 1. The third-order valence-electron chi connectivity index (χ3n) is 2.97. The first-order valence-corrected chi connectivity index (χ1v) is 5.61. The summed E-state index contributed by atoms with van der Waals surface area (Å²) in [5.74, 6) is -4.73. The molecule has 0 fully saturated rings. The normalized spacial score (nSPS) is 17.6. The van der Waals surface area contributed by atoms with Gasteiger partial charge in [-0.25, -0.2) is 0 Å². The van der Waals surface area contributed by atoms with Gasteiger partial charge in [0.1, 0.15) is 5.75 Å². The Morgan fingerprint density at radius 2 is 1.84 bits per heavy atom. The van der Waals surface area contributed by atoms with Crippen LogP contribution in [0.25, 0.3) is 0 Å². The molecule has 0 aromatic heterocycles. The van der Waals surface area contributed by atoms with Crippen LogP contribution in [0.3, 0.4) is 0 Å². The van der Waals surface area contributed by atoms with Gasteiger partial charge >= 0.3 is 12.1 Å². The molecule has 0 spiro atoms. The quantitative estimate of drug-likeness (QED) is 0.844. The van der Waals surface area contributed by atoms with Gasteiger partial charge in [-0.1, -0.05) is 6.07 Å². The van der Waals surface area contributed by atoms with E-state index in [1.165, 1.54) is 6.07 Å². The predicted molar refractivity (Wildman–Crippen MR) is 56.2 cm³/mol. The van der Waals surface area contributed by atoms with Crippen molar-refractivity contribution in [3.05, 3.63) is 29.3 Å². The lowest BCUT2D eigenvalue weighted by Crippen LogP contribution is -2.42. The second-order valence-corrected chi connectivity index (χ2v) is 4.34. The summed E-state index contributed by atoms with van der Waals surface area (Å²) in [5, 5.41) is 9.27. The molecule has 0 aliphatic carbocycles. The average Bonchev–Trinajstić information content (AvgIpc) is 2.36. The van der Waals surface area contributed by atoms with Gasteiger partial charge in [-0.2, -0.15) is 22.0 Å². The SMILES string of the molecule is OC(c1ccc2c(c1)CCCO2)C(F)(F)C(F)(F)F. The van der Waals surface area contributed by atoms with E-state index in [-0.39, 0.29) is 0 Å². The van der Waals surface area contributed by atoms with Crippen LogP contribution in [0.5, 0.6) is 5.75 Å². The number of alkyl halides is 5. The molecule has 106 valence electrons. The van der Waals surface area contributed by atoms with E-state index in [4.69, 9.17) is 4.74 Å². The average molecular weight is 282 g/mol. The zero-order valence-electron chi connectivity index (χ0n) is 9.68. The van der Waals surface area contributed by atoms with Crippen LogP contribution in [-0.2, 0) is 6.42 Å². The van der Waals surface area contributed by atoms with Crippen LogP contribution in [-0.4, -0.2) is 23.8 Å². The molecule has 0 radical (unpaired) electrons. The molecule has 2 rings (SSSR count). The van der Waals surface area contributed by atoms with Gasteiger partial charge in [0, 0.05) is 0 Å². The maximum Gasteiger partial charge on any atom is 0.456 e. The molecule has 1 aliphatic rings. The van der Waals surface area contributed by atoms with Crippen LogP contribution in [0.4, 0.5) is 22.0 Å². The van der Waals surface area contributed by atoms with Crippen molar-refractivity contribution in [1.82, 2.24) is 0 Å². The fourth-order valence-electron chi connectivity index (χ4n) is 1.91. The van der Waals surface area contributed by atoms with Crippen LogP contribution < -0.4 is 4.74 Å². The summed E-state index contributed by atoms with van der Waals surface area (Å²) in [7, 11) is 0. The highest BCUT2D eigenvalue weighted by atomic mass is 19.4. The van der Waals surface area contributed by atoms with E-state index in [0.717, 1.165) is 12.1 Å². The highest BCUT2D eigenvalue weighted by molar-refractivity contribution is 5.39. The van der Waals surface area contributed by atoms with E-state index in [1.54, 1.807) is 0 Å². The molecule has 0 saturated heterocycles. The minimum absolute atomic E-state index is 0.456. The molecule has 1 heterocycles. The zero-order valence-corrected chi connectivity index (χ0v) is 9.68. The topological polar surface area (TPSA) is 29.5 Å². The third kappa shape index (κ3) is 2.51. The van der Waals surface area contributed by atoms with Gasteiger partial charge < -0.3 is 9.84 Å². The third-order valence-corrected chi connectivity index (χ3v) is 2.97. The molecule has 1 unspecified atom stereocenters. The van der Waals surface area contributed by atoms with E-state index < -0.39 is 23.8 Å². The van der Waals surface area contributed by atoms with Crippen LogP contribution in [0.15, 0.2) is 18.2 Å². The van der Waals surface area contributed by atoms with E-state index in [9.17, 15) is 27.1 Å². The van der Waals surface area contributed by atoms with Crippen molar-refractivity contribution in [2.45, 2.75) is 31.0 Å². The number of halogens is 5. The lowest BCUT2D eigenvalue weighted by Gasteiger charge is -2.26. The van der Waals surface area contributed by atoms with E-state index in [0.29, 0.717) is 30.8 Å². The number of hydrogen-bond donors (Lipinski definition) is 1. The first kappa shape index (κ1) is 14.0. The Morgan fingerprint density at radius 3 is 2.47 bits per heavy atom. The summed E-state index contributed by atoms with van der Waals surface area (Å²) in [6.45, 7) is 0.480. The fraction of sp³-hybridized carbons (Fsp3) is 0.500. The molecule has 19 heavy (non-hydrogen) atoms. The number of fused-ring (bicyclic) bond motifs is 1. The molecule has 1 aromatic rings. The maximum absolute atomic E-state index is 13.0. The van der Waals surface area contributed by atoms with Gasteiger partial charge in [-0.05, 0) is 36.1 Å². The number of ether oxygens (including phenoxy) is 1. The van der Waals surface area contributed by atoms with Gasteiger partial charge in [0.2, 0.25) is 0 Å². The summed E-state index contributed by atoms with van der Waals surface area (Å²) in [6.07, 6.45) is -7.53. The van der Waals surface area contributed by atoms with E-state index in [2.05, 4.69) is 0 Å². The van der Waals surface area contributed by atoms with Crippen molar-refractivity contribution in [3.8, 4) is 5.75 Å². The summed E-state index contributed by atoms with van der Waals surface area (Å²) in [5.41, 5.74) is 0.0624. The Bertz CT molecular complexity index is 470. The van der Waals surface area contributed by atoms with Crippen molar-refractivity contribution in [3.63, 3.8) is 0 Å². The minimum atomic E-state index is -5.79. The highest BCUT2D eigenvalue weighted by Crippen LogP contribution is 2.45. The Morgan fingerprint density at radius 1 is 1.16 bits per heavy atom. The molecule has 7 heteroatoms. The molecule has 1 N–H and O–H groups in total. The molecule has 1 aromatic carbocycles. The Labute approximate surface area is 105 Å². The molecule has 2 nitrogen and oxygen atoms in total. The molecule has 0 bridgehead atoms. The fourth-order valence-corrected chi connectivity index (χ4v) is 1.91. The van der Waals surface area contributed by atoms with Crippen molar-refractivity contribution in [1.29, 1.82) is 0 Å². The van der Waals surface area contributed by atoms with Crippen LogP contribution in [0, 0.1) is 0 Å². The lowest BCUT2D eigenvalue weighted by atomic mass is 9.97. The first-order chi connectivity index (χ1) is 8.73. The Kier molecular flexibility index (Phi) is 3.42. The van der Waals surface area contributed by atoms with Gasteiger partial charge in [-0.3, -0.25) is 0 Å². The predicted octanol–water partition coefficient (Wildman–Crippen LogP) is 3.24. The lowest BCUT2D eigenvalue weighted by molar-refractivity contribution is -0.315. The molecular formula is C12H11F5O2. The van der Waals surface area contributed by atoms with Crippen LogP contribution in [0.1, 0.15) is 23.7 Å². The summed E-state index contributed by atoms with van der Waals surface area (Å²) < 4.78 is 67.8. The van der Waals surface area contributed by atoms with Crippen molar-refractivity contribution in [2.75, 3.05) is 6.61 Å². The number of aryl methyl sites for hydroxylation is 1. The second kappa shape index (κ2) is 4.63. The first-order valence-electron chi connectivity index (χ1n) is 5.61. The minimum Gasteiger partial charge on any atom is -0.493 e. The number of aliphatic hydroxyl groups excluding tert-OH is 1. The van der Waals surface area contributed by atoms with Gasteiger partial charge in [-0.15, -0.1) is 0 Å². The molecule has 1 atom stereocenters.